The summed E-state index contributed by atoms with van der Waals surface area (Å²) in [6.45, 7) is 8.18. The van der Waals surface area contributed by atoms with E-state index in [0.29, 0.717) is 5.95 Å². The van der Waals surface area contributed by atoms with Crippen molar-refractivity contribution in [1.29, 1.82) is 0 Å². The number of hydrogen-bond donors (Lipinski definition) is 2. The van der Waals surface area contributed by atoms with Gasteiger partial charge in [-0.1, -0.05) is 32.9 Å². The van der Waals surface area contributed by atoms with Crippen LogP contribution in [0.25, 0.3) is 0 Å². The molecule has 0 aliphatic heterocycles. The van der Waals surface area contributed by atoms with Gasteiger partial charge < -0.3 is 15.4 Å². The maximum absolute atomic E-state index is 5.03. The normalized spacial score (nSPS) is 11.3. The van der Waals surface area contributed by atoms with Crippen molar-refractivity contribution in [1.82, 2.24) is 9.97 Å². The van der Waals surface area contributed by atoms with Gasteiger partial charge in [-0.25, -0.2) is 4.98 Å². The van der Waals surface area contributed by atoms with Crippen LogP contribution in [0.4, 0.5) is 17.5 Å². The lowest BCUT2D eigenvalue weighted by molar-refractivity contribution is 0.198. The molecule has 0 fully saturated rings. The number of hydrogen-bond acceptors (Lipinski definition) is 5. The molecule has 0 aliphatic rings. The number of methoxy groups -OCH3 is 1. The summed E-state index contributed by atoms with van der Waals surface area (Å²) in [5.74, 6) is 1.40. The Morgan fingerprint density at radius 1 is 1.09 bits per heavy atom. The summed E-state index contributed by atoms with van der Waals surface area (Å²) in [6.07, 6.45) is 2.69. The highest BCUT2D eigenvalue weighted by molar-refractivity contribution is 5.55. The summed E-state index contributed by atoms with van der Waals surface area (Å²) in [7, 11) is 1.71. The van der Waals surface area contributed by atoms with E-state index in [2.05, 4.69) is 65.6 Å². The number of ether oxygens (including phenoxy) is 1. The van der Waals surface area contributed by atoms with Crippen molar-refractivity contribution in [3.8, 4) is 0 Å². The molecule has 0 aliphatic carbocycles. The molecule has 0 unspecified atom stereocenters. The maximum atomic E-state index is 5.03. The number of anilines is 3. The molecule has 0 bridgehead atoms. The summed E-state index contributed by atoms with van der Waals surface area (Å²) in [6, 6.07) is 10.2. The fourth-order valence-electron chi connectivity index (χ4n) is 2.13. The Morgan fingerprint density at radius 3 is 2.48 bits per heavy atom. The molecule has 124 valence electrons. The van der Waals surface area contributed by atoms with Crippen LogP contribution in [0.15, 0.2) is 36.5 Å². The van der Waals surface area contributed by atoms with Crippen molar-refractivity contribution in [2.75, 3.05) is 30.9 Å². The van der Waals surface area contributed by atoms with E-state index in [1.54, 1.807) is 13.3 Å². The van der Waals surface area contributed by atoms with Crippen LogP contribution in [-0.4, -0.2) is 30.2 Å². The zero-order chi connectivity index (χ0) is 16.7. The zero-order valence-electron chi connectivity index (χ0n) is 14.4. The van der Waals surface area contributed by atoms with Gasteiger partial charge in [0, 0.05) is 32.1 Å². The smallest absolute Gasteiger partial charge is 0.229 e. The van der Waals surface area contributed by atoms with E-state index < -0.39 is 0 Å². The Bertz CT molecular complexity index is 605. The van der Waals surface area contributed by atoms with Crippen LogP contribution in [0.5, 0.6) is 0 Å². The SMILES string of the molecule is COCCCNc1ccnc(Nc2ccc(C(C)(C)C)cc2)n1. The Labute approximate surface area is 138 Å². The third kappa shape index (κ3) is 5.53. The molecule has 1 heterocycles. The summed E-state index contributed by atoms with van der Waals surface area (Å²) in [5.41, 5.74) is 2.44. The maximum Gasteiger partial charge on any atom is 0.229 e. The molecular formula is C18H26N4O. The van der Waals surface area contributed by atoms with Gasteiger partial charge in [-0.05, 0) is 35.6 Å². The lowest BCUT2D eigenvalue weighted by atomic mass is 9.87. The fraction of sp³-hybridized carbons (Fsp3) is 0.444. The lowest BCUT2D eigenvalue weighted by Gasteiger charge is -2.19. The molecule has 23 heavy (non-hydrogen) atoms. The topological polar surface area (TPSA) is 59.1 Å². The van der Waals surface area contributed by atoms with E-state index in [0.717, 1.165) is 31.1 Å². The third-order valence-corrected chi connectivity index (χ3v) is 3.49. The standard InChI is InChI=1S/C18H26N4O/c1-18(2,3)14-6-8-15(9-7-14)21-17-20-12-10-16(22-17)19-11-5-13-23-4/h6-10,12H,5,11,13H2,1-4H3,(H2,19,20,21,22). The van der Waals surface area contributed by atoms with Gasteiger partial charge in [0.1, 0.15) is 5.82 Å². The molecule has 1 aromatic carbocycles. The molecule has 2 rings (SSSR count). The van der Waals surface area contributed by atoms with Crippen LogP contribution in [0.1, 0.15) is 32.8 Å². The van der Waals surface area contributed by atoms with Crippen LogP contribution in [0.3, 0.4) is 0 Å². The van der Waals surface area contributed by atoms with E-state index in [4.69, 9.17) is 4.74 Å². The highest BCUT2D eigenvalue weighted by atomic mass is 16.5. The van der Waals surface area contributed by atoms with E-state index in [9.17, 15) is 0 Å². The van der Waals surface area contributed by atoms with Crippen LogP contribution in [0, 0.1) is 0 Å². The Balaban J connectivity index is 1.97. The largest absolute Gasteiger partial charge is 0.385 e. The third-order valence-electron chi connectivity index (χ3n) is 3.49. The molecule has 0 saturated carbocycles. The highest BCUT2D eigenvalue weighted by Crippen LogP contribution is 2.24. The van der Waals surface area contributed by atoms with Gasteiger partial charge in [-0.2, -0.15) is 4.98 Å². The Hall–Kier alpha value is -2.14. The second kappa shape index (κ2) is 7.92. The van der Waals surface area contributed by atoms with Crippen molar-refractivity contribution >= 4 is 17.5 Å². The summed E-state index contributed by atoms with van der Waals surface area (Å²) < 4.78 is 5.03. The number of benzene rings is 1. The fourth-order valence-corrected chi connectivity index (χ4v) is 2.13. The highest BCUT2D eigenvalue weighted by Gasteiger charge is 2.12. The average molecular weight is 314 g/mol. The second-order valence-corrected chi connectivity index (χ2v) is 6.49. The van der Waals surface area contributed by atoms with Crippen LogP contribution in [-0.2, 0) is 10.2 Å². The molecule has 0 atom stereocenters. The molecule has 0 amide bonds. The van der Waals surface area contributed by atoms with E-state index in [1.165, 1.54) is 5.56 Å². The van der Waals surface area contributed by atoms with Gasteiger partial charge >= 0.3 is 0 Å². The predicted molar refractivity (Wildman–Crippen MR) is 95.4 cm³/mol. The van der Waals surface area contributed by atoms with Crippen molar-refractivity contribution in [3.05, 3.63) is 42.1 Å². The predicted octanol–water partition coefficient (Wildman–Crippen LogP) is 3.97. The number of nitrogens with one attached hydrogen (secondary N) is 2. The Morgan fingerprint density at radius 2 is 1.83 bits per heavy atom. The van der Waals surface area contributed by atoms with Crippen molar-refractivity contribution < 1.29 is 4.74 Å². The van der Waals surface area contributed by atoms with Crippen LogP contribution < -0.4 is 10.6 Å². The first-order valence-electron chi connectivity index (χ1n) is 7.92. The van der Waals surface area contributed by atoms with Crippen molar-refractivity contribution in [2.45, 2.75) is 32.6 Å². The first-order valence-corrected chi connectivity index (χ1v) is 7.92. The second-order valence-electron chi connectivity index (χ2n) is 6.49. The summed E-state index contributed by atoms with van der Waals surface area (Å²) in [5, 5.41) is 6.50. The molecule has 0 radical (unpaired) electrons. The summed E-state index contributed by atoms with van der Waals surface area (Å²) >= 11 is 0. The minimum absolute atomic E-state index is 0.154. The Kier molecular flexibility index (Phi) is 5.93. The molecule has 5 nitrogen and oxygen atoms in total. The van der Waals surface area contributed by atoms with Gasteiger partial charge in [0.2, 0.25) is 5.95 Å². The molecular weight excluding hydrogens is 288 g/mol. The minimum Gasteiger partial charge on any atom is -0.385 e. The molecule has 5 heteroatoms. The monoisotopic (exact) mass is 314 g/mol. The van der Waals surface area contributed by atoms with Crippen molar-refractivity contribution in [3.63, 3.8) is 0 Å². The molecule has 2 N–H and O–H groups in total. The minimum atomic E-state index is 0.154. The number of rotatable bonds is 7. The lowest BCUT2D eigenvalue weighted by Crippen LogP contribution is -2.10. The van der Waals surface area contributed by atoms with Crippen molar-refractivity contribution in [2.24, 2.45) is 0 Å². The van der Waals surface area contributed by atoms with E-state index in [1.807, 2.05) is 6.07 Å². The van der Waals surface area contributed by atoms with E-state index >= 15 is 0 Å². The average Bonchev–Trinajstić information content (AvgIpc) is 2.52. The molecule has 2 aromatic rings. The zero-order valence-corrected chi connectivity index (χ0v) is 14.4. The van der Waals surface area contributed by atoms with Gasteiger partial charge in [0.25, 0.3) is 0 Å². The molecule has 1 aromatic heterocycles. The quantitative estimate of drug-likeness (QED) is 0.757. The first kappa shape index (κ1) is 17.2. The van der Waals surface area contributed by atoms with Gasteiger partial charge in [0.15, 0.2) is 0 Å². The summed E-state index contributed by atoms with van der Waals surface area (Å²) in [4.78, 5) is 8.73. The number of aromatic nitrogens is 2. The van der Waals surface area contributed by atoms with Gasteiger partial charge in [-0.3, -0.25) is 0 Å². The molecule has 0 spiro atoms. The number of nitrogens with zero attached hydrogens (tertiary/aromatic N) is 2. The van der Waals surface area contributed by atoms with E-state index in [-0.39, 0.29) is 5.41 Å². The first-order chi connectivity index (χ1) is 11.0. The van der Waals surface area contributed by atoms with Gasteiger partial charge in [-0.15, -0.1) is 0 Å². The molecule has 0 saturated heterocycles. The van der Waals surface area contributed by atoms with Crippen LogP contribution >= 0.6 is 0 Å². The van der Waals surface area contributed by atoms with Gasteiger partial charge in [0.05, 0.1) is 0 Å². The van der Waals surface area contributed by atoms with Crippen LogP contribution in [0.2, 0.25) is 0 Å².